The van der Waals surface area contributed by atoms with Gasteiger partial charge in [-0.15, -0.1) is 0 Å². The first-order valence-electron chi connectivity index (χ1n) is 8.18. The molecular weight excluding hydrogens is 334 g/mol. The summed E-state index contributed by atoms with van der Waals surface area (Å²) in [5, 5.41) is 0. The summed E-state index contributed by atoms with van der Waals surface area (Å²) in [4.78, 5) is 11.5. The zero-order chi connectivity index (χ0) is 18.8. The van der Waals surface area contributed by atoms with E-state index in [4.69, 9.17) is 0 Å². The molecule has 25 heavy (non-hydrogen) atoms. The smallest absolute Gasteiger partial charge is 0.243 e. The second-order valence-electron chi connectivity index (χ2n) is 7.29. The average molecular weight is 359 g/mol. The van der Waals surface area contributed by atoms with E-state index in [9.17, 15) is 13.2 Å². The van der Waals surface area contributed by atoms with E-state index in [1.54, 1.807) is 19.2 Å². The quantitative estimate of drug-likeness (QED) is 0.758. The number of hydrogen-bond donors (Lipinski definition) is 0. The molecule has 0 amide bonds. The molecule has 2 aromatic carbocycles. The molecule has 0 heterocycles. The normalized spacial score (nSPS) is 12.4. The molecule has 0 fully saturated rings. The zero-order valence-electron chi connectivity index (χ0n) is 15.4. The monoisotopic (exact) mass is 359 g/mol. The molecule has 2 rings (SSSR count). The van der Waals surface area contributed by atoms with Crippen molar-refractivity contribution in [3.63, 3.8) is 0 Å². The summed E-state index contributed by atoms with van der Waals surface area (Å²) in [5.41, 5.74) is 2.70. The molecule has 0 saturated heterocycles. The molecule has 4 nitrogen and oxygen atoms in total. The van der Waals surface area contributed by atoms with Crippen LogP contribution in [0.4, 0.5) is 0 Å². The fourth-order valence-electron chi connectivity index (χ4n) is 2.49. The van der Waals surface area contributed by atoms with Crippen LogP contribution in [0, 0.1) is 0 Å². The molecule has 134 valence electrons. The Morgan fingerprint density at radius 3 is 1.92 bits per heavy atom. The highest BCUT2D eigenvalue weighted by Gasteiger charge is 2.21. The van der Waals surface area contributed by atoms with Gasteiger partial charge in [0.25, 0.3) is 0 Å². The molecule has 0 spiro atoms. The van der Waals surface area contributed by atoms with E-state index in [0.29, 0.717) is 12.1 Å². The van der Waals surface area contributed by atoms with E-state index in [-0.39, 0.29) is 16.1 Å². The van der Waals surface area contributed by atoms with Crippen LogP contribution in [-0.2, 0) is 22.0 Å². The number of benzene rings is 2. The summed E-state index contributed by atoms with van der Waals surface area (Å²) in [6.07, 6.45) is 0. The van der Waals surface area contributed by atoms with Crippen LogP contribution in [0.1, 0.15) is 49.2 Å². The maximum atomic E-state index is 12.7. The van der Waals surface area contributed by atoms with Crippen LogP contribution in [-0.4, -0.2) is 25.6 Å². The number of carbonyl (C=O) groups excluding carboxylic acids is 1. The minimum Gasteiger partial charge on any atom is -0.295 e. The lowest BCUT2D eigenvalue weighted by molar-refractivity contribution is 0.101. The van der Waals surface area contributed by atoms with Crippen molar-refractivity contribution in [2.45, 2.75) is 44.6 Å². The summed E-state index contributed by atoms with van der Waals surface area (Å²) in [5.74, 6) is -0.0868. The van der Waals surface area contributed by atoms with Crippen molar-refractivity contribution < 1.29 is 13.2 Å². The first-order chi connectivity index (χ1) is 11.5. The van der Waals surface area contributed by atoms with Gasteiger partial charge in [0.05, 0.1) is 4.90 Å². The highest BCUT2D eigenvalue weighted by atomic mass is 32.2. The highest BCUT2D eigenvalue weighted by Crippen LogP contribution is 2.23. The van der Waals surface area contributed by atoms with E-state index >= 15 is 0 Å². The molecule has 0 aliphatic carbocycles. The third-order valence-corrected chi connectivity index (χ3v) is 6.01. The van der Waals surface area contributed by atoms with Gasteiger partial charge in [-0.2, -0.15) is 4.31 Å². The standard InChI is InChI=1S/C20H25NO3S/c1-15(22)17-8-12-19(13-9-17)25(23,24)21(5)14-16-6-10-18(11-7-16)20(2,3)4/h6-13H,14H2,1-5H3. The first-order valence-corrected chi connectivity index (χ1v) is 9.62. The molecule has 2 aromatic rings. The number of rotatable bonds is 5. The van der Waals surface area contributed by atoms with Crippen molar-refractivity contribution in [2.24, 2.45) is 0 Å². The second-order valence-corrected chi connectivity index (χ2v) is 9.33. The minimum atomic E-state index is -3.60. The van der Waals surface area contributed by atoms with Gasteiger partial charge in [0.1, 0.15) is 0 Å². The molecule has 0 aliphatic rings. The second kappa shape index (κ2) is 7.10. The first kappa shape index (κ1) is 19.3. The van der Waals surface area contributed by atoms with Crippen molar-refractivity contribution >= 4 is 15.8 Å². The van der Waals surface area contributed by atoms with Gasteiger partial charge in [-0.05, 0) is 35.6 Å². The van der Waals surface area contributed by atoms with Gasteiger partial charge in [-0.3, -0.25) is 4.79 Å². The van der Waals surface area contributed by atoms with E-state index < -0.39 is 10.0 Å². The van der Waals surface area contributed by atoms with Gasteiger partial charge in [-0.25, -0.2) is 8.42 Å². The van der Waals surface area contributed by atoms with Gasteiger partial charge in [0.15, 0.2) is 5.78 Å². The molecule has 0 unspecified atom stereocenters. The summed E-state index contributed by atoms with van der Waals surface area (Å²) >= 11 is 0. The molecule has 0 N–H and O–H groups in total. The average Bonchev–Trinajstić information content (AvgIpc) is 2.54. The van der Waals surface area contributed by atoms with Crippen molar-refractivity contribution in [1.29, 1.82) is 0 Å². The van der Waals surface area contributed by atoms with Gasteiger partial charge >= 0.3 is 0 Å². The molecule has 5 heteroatoms. The lowest BCUT2D eigenvalue weighted by atomic mass is 9.87. The molecular formula is C20H25NO3S. The Labute approximate surface area is 150 Å². The van der Waals surface area contributed by atoms with Crippen LogP contribution in [0.25, 0.3) is 0 Å². The molecule has 0 radical (unpaired) electrons. The molecule has 0 aliphatic heterocycles. The Bertz CT molecular complexity index is 845. The van der Waals surface area contributed by atoms with E-state index in [1.165, 1.54) is 28.9 Å². The van der Waals surface area contributed by atoms with Crippen LogP contribution in [0.3, 0.4) is 0 Å². The maximum Gasteiger partial charge on any atom is 0.243 e. The number of carbonyl (C=O) groups is 1. The number of nitrogens with zero attached hydrogens (tertiary/aromatic N) is 1. The van der Waals surface area contributed by atoms with E-state index in [0.717, 1.165) is 5.56 Å². The molecule has 0 bridgehead atoms. The van der Waals surface area contributed by atoms with Gasteiger partial charge < -0.3 is 0 Å². The molecule has 0 atom stereocenters. The lowest BCUT2D eigenvalue weighted by Crippen LogP contribution is -2.26. The predicted molar refractivity (Wildman–Crippen MR) is 100 cm³/mol. The van der Waals surface area contributed by atoms with Crippen molar-refractivity contribution in [1.82, 2.24) is 4.31 Å². The Morgan fingerprint density at radius 1 is 0.960 bits per heavy atom. The molecule has 0 saturated carbocycles. The Kier molecular flexibility index (Phi) is 5.49. The number of ketones is 1. The predicted octanol–water partition coefficient (Wildman–Crippen LogP) is 4.01. The summed E-state index contributed by atoms with van der Waals surface area (Å²) in [6.45, 7) is 8.17. The Balaban J connectivity index is 2.18. The zero-order valence-corrected chi connectivity index (χ0v) is 16.2. The maximum absolute atomic E-state index is 12.7. The summed E-state index contributed by atoms with van der Waals surface area (Å²) < 4.78 is 26.7. The Morgan fingerprint density at radius 2 is 1.48 bits per heavy atom. The highest BCUT2D eigenvalue weighted by molar-refractivity contribution is 7.89. The third kappa shape index (κ3) is 4.55. The number of hydrogen-bond acceptors (Lipinski definition) is 3. The van der Waals surface area contributed by atoms with Crippen molar-refractivity contribution in [3.05, 3.63) is 65.2 Å². The molecule has 0 aromatic heterocycles. The topological polar surface area (TPSA) is 54.5 Å². The van der Waals surface area contributed by atoms with Crippen LogP contribution in [0.15, 0.2) is 53.4 Å². The minimum absolute atomic E-state index is 0.0645. The van der Waals surface area contributed by atoms with E-state index in [2.05, 4.69) is 20.8 Å². The van der Waals surface area contributed by atoms with Crippen molar-refractivity contribution in [3.8, 4) is 0 Å². The van der Waals surface area contributed by atoms with Crippen LogP contribution in [0.5, 0.6) is 0 Å². The van der Waals surface area contributed by atoms with Crippen LogP contribution in [0.2, 0.25) is 0 Å². The van der Waals surface area contributed by atoms with Crippen LogP contribution < -0.4 is 0 Å². The van der Waals surface area contributed by atoms with Crippen molar-refractivity contribution in [2.75, 3.05) is 7.05 Å². The largest absolute Gasteiger partial charge is 0.295 e. The van der Waals surface area contributed by atoms with Gasteiger partial charge in [0, 0.05) is 19.2 Å². The lowest BCUT2D eigenvalue weighted by Gasteiger charge is -2.21. The number of sulfonamides is 1. The fraction of sp³-hybridized carbons (Fsp3) is 0.350. The fourth-order valence-corrected chi connectivity index (χ4v) is 3.65. The van der Waals surface area contributed by atoms with Gasteiger partial charge in [0.2, 0.25) is 10.0 Å². The third-order valence-electron chi connectivity index (χ3n) is 4.19. The summed E-state index contributed by atoms with van der Waals surface area (Å²) in [7, 11) is -2.03. The Hall–Kier alpha value is -1.98. The van der Waals surface area contributed by atoms with Gasteiger partial charge in [-0.1, -0.05) is 57.2 Å². The van der Waals surface area contributed by atoms with E-state index in [1.807, 2.05) is 24.3 Å². The SMILES string of the molecule is CC(=O)c1ccc(S(=O)(=O)N(C)Cc2ccc(C(C)(C)C)cc2)cc1. The summed E-state index contributed by atoms with van der Waals surface area (Å²) in [6, 6.07) is 14.0. The number of Topliss-reactive ketones (excluding diaryl/α,β-unsaturated/α-hetero) is 1. The van der Waals surface area contributed by atoms with Crippen LogP contribution >= 0.6 is 0 Å².